The van der Waals surface area contributed by atoms with Gasteiger partial charge >= 0.3 is 0 Å². The van der Waals surface area contributed by atoms with Crippen LogP contribution >= 0.6 is 0 Å². The summed E-state index contributed by atoms with van der Waals surface area (Å²) in [6.07, 6.45) is 7.89. The fraction of sp³-hybridized carbons (Fsp3) is 0.250. The van der Waals surface area contributed by atoms with E-state index in [0.29, 0.717) is 5.82 Å². The highest BCUT2D eigenvalue weighted by atomic mass is 15.3. The third-order valence-corrected chi connectivity index (χ3v) is 4.72. The Morgan fingerprint density at radius 3 is 2.58 bits per heavy atom. The van der Waals surface area contributed by atoms with Crippen LogP contribution in [0, 0.1) is 0 Å². The maximum absolute atomic E-state index is 5.91. The number of benzene rings is 1. The maximum Gasteiger partial charge on any atom is 0.224 e. The van der Waals surface area contributed by atoms with E-state index in [9.17, 15) is 0 Å². The molecule has 0 aliphatic carbocycles. The van der Waals surface area contributed by atoms with Crippen molar-refractivity contribution in [2.24, 2.45) is 0 Å². The molecule has 1 aromatic carbocycles. The Morgan fingerprint density at radius 1 is 1.12 bits per heavy atom. The number of hydrogen-bond acceptors (Lipinski definition) is 5. The van der Waals surface area contributed by atoms with E-state index in [4.69, 9.17) is 5.73 Å². The van der Waals surface area contributed by atoms with E-state index in [2.05, 4.69) is 57.2 Å². The van der Waals surface area contributed by atoms with E-state index < -0.39 is 0 Å². The molecule has 3 aromatic rings. The molecular weight excluding hydrogens is 324 g/mol. The van der Waals surface area contributed by atoms with Crippen molar-refractivity contribution in [3.63, 3.8) is 0 Å². The van der Waals surface area contributed by atoms with Crippen LogP contribution in [0.4, 0.5) is 11.8 Å². The first-order valence-corrected chi connectivity index (χ1v) is 8.91. The van der Waals surface area contributed by atoms with Gasteiger partial charge in [0.15, 0.2) is 5.82 Å². The van der Waals surface area contributed by atoms with E-state index in [0.717, 1.165) is 31.7 Å². The summed E-state index contributed by atoms with van der Waals surface area (Å²) >= 11 is 0. The Balaban J connectivity index is 1.54. The largest absolute Gasteiger partial charge is 0.368 e. The van der Waals surface area contributed by atoms with Gasteiger partial charge in [-0.25, -0.2) is 4.68 Å². The maximum atomic E-state index is 5.91. The van der Waals surface area contributed by atoms with Crippen LogP contribution in [0.1, 0.15) is 24.5 Å². The Labute approximate surface area is 153 Å². The van der Waals surface area contributed by atoms with Crippen molar-refractivity contribution in [3.8, 4) is 5.82 Å². The predicted molar refractivity (Wildman–Crippen MR) is 104 cm³/mol. The van der Waals surface area contributed by atoms with E-state index in [1.165, 1.54) is 16.7 Å². The second-order valence-electron chi connectivity index (χ2n) is 6.37. The number of nitrogens with two attached hydrogens (primary N) is 1. The second kappa shape index (κ2) is 7.00. The van der Waals surface area contributed by atoms with Crippen molar-refractivity contribution in [2.45, 2.75) is 19.8 Å². The third kappa shape index (κ3) is 3.31. The van der Waals surface area contributed by atoms with Crippen LogP contribution in [0.25, 0.3) is 11.4 Å². The molecule has 1 aliphatic rings. The first-order valence-electron chi connectivity index (χ1n) is 8.91. The van der Waals surface area contributed by atoms with Crippen LogP contribution in [0.15, 0.2) is 54.9 Å². The zero-order chi connectivity index (χ0) is 17.9. The Morgan fingerprint density at radius 2 is 1.92 bits per heavy atom. The van der Waals surface area contributed by atoms with Gasteiger partial charge in [-0.05, 0) is 35.6 Å². The first kappa shape index (κ1) is 16.3. The highest BCUT2D eigenvalue weighted by Gasteiger charge is 2.16. The normalized spacial score (nSPS) is 14.3. The average Bonchev–Trinajstić information content (AvgIpc) is 3.23. The van der Waals surface area contributed by atoms with Crippen LogP contribution in [0.3, 0.4) is 0 Å². The lowest BCUT2D eigenvalue weighted by Gasteiger charge is -2.28. The van der Waals surface area contributed by atoms with Gasteiger partial charge in [0, 0.05) is 31.5 Å². The summed E-state index contributed by atoms with van der Waals surface area (Å²) in [7, 11) is 0. The summed E-state index contributed by atoms with van der Waals surface area (Å²) in [5, 5.41) is 4.22. The molecule has 6 heteroatoms. The van der Waals surface area contributed by atoms with Gasteiger partial charge in [0.1, 0.15) is 5.82 Å². The minimum absolute atomic E-state index is 0.262. The molecule has 1 aliphatic heterocycles. The summed E-state index contributed by atoms with van der Waals surface area (Å²) in [6, 6.07) is 12.7. The summed E-state index contributed by atoms with van der Waals surface area (Å²) in [6.45, 7) is 3.88. The topological polar surface area (TPSA) is 72.9 Å². The quantitative estimate of drug-likeness (QED) is 0.786. The molecular formula is C20H22N6. The van der Waals surface area contributed by atoms with Crippen molar-refractivity contribution in [2.75, 3.05) is 23.7 Å². The molecule has 0 amide bonds. The van der Waals surface area contributed by atoms with Crippen molar-refractivity contribution in [1.29, 1.82) is 0 Å². The molecule has 2 aromatic heterocycles. The zero-order valence-electron chi connectivity index (χ0n) is 14.8. The number of nitrogens with zero attached hydrogens (tertiary/aromatic N) is 5. The van der Waals surface area contributed by atoms with Crippen LogP contribution in [-0.4, -0.2) is 32.8 Å². The van der Waals surface area contributed by atoms with Gasteiger partial charge in [-0.2, -0.15) is 15.1 Å². The number of rotatable bonds is 4. The molecule has 3 heterocycles. The van der Waals surface area contributed by atoms with Gasteiger partial charge in [-0.15, -0.1) is 0 Å². The van der Waals surface area contributed by atoms with Crippen LogP contribution in [0.2, 0.25) is 0 Å². The predicted octanol–water partition coefficient (Wildman–Crippen LogP) is 3.10. The molecule has 0 atom stereocenters. The fourth-order valence-electron chi connectivity index (χ4n) is 3.22. The van der Waals surface area contributed by atoms with Crippen LogP contribution in [-0.2, 0) is 6.42 Å². The molecule has 0 saturated carbocycles. The smallest absolute Gasteiger partial charge is 0.224 e. The summed E-state index contributed by atoms with van der Waals surface area (Å²) in [5.41, 5.74) is 9.98. The molecule has 0 saturated heterocycles. The Hall–Kier alpha value is -3.15. The van der Waals surface area contributed by atoms with Crippen molar-refractivity contribution < 1.29 is 0 Å². The molecule has 2 N–H and O–H groups in total. The molecule has 132 valence electrons. The van der Waals surface area contributed by atoms with Gasteiger partial charge in [-0.3, -0.25) is 0 Å². The van der Waals surface area contributed by atoms with Gasteiger partial charge in [0.2, 0.25) is 5.95 Å². The summed E-state index contributed by atoms with van der Waals surface area (Å²) < 4.78 is 1.70. The highest BCUT2D eigenvalue weighted by Crippen LogP contribution is 2.26. The molecule has 0 unspecified atom stereocenters. The van der Waals surface area contributed by atoms with Crippen molar-refractivity contribution in [1.82, 2.24) is 19.7 Å². The van der Waals surface area contributed by atoms with Crippen molar-refractivity contribution >= 4 is 17.3 Å². The lowest BCUT2D eigenvalue weighted by atomic mass is 9.98. The first-order chi connectivity index (χ1) is 12.7. The minimum atomic E-state index is 0.262. The molecule has 4 rings (SSSR count). The van der Waals surface area contributed by atoms with Crippen LogP contribution < -0.4 is 10.6 Å². The Bertz CT molecular complexity index is 912. The number of anilines is 2. The molecule has 0 bridgehead atoms. The fourth-order valence-corrected chi connectivity index (χ4v) is 3.22. The number of aromatic nitrogens is 4. The average molecular weight is 346 g/mol. The molecule has 6 nitrogen and oxygen atoms in total. The van der Waals surface area contributed by atoms with Crippen LogP contribution in [0.5, 0.6) is 0 Å². The SMILES string of the molecule is CCc1ccc(C2=CCN(c3cc(-n4cccn4)nc(N)n3)CC2)cc1. The second-order valence-corrected chi connectivity index (χ2v) is 6.37. The minimum Gasteiger partial charge on any atom is -0.368 e. The number of nitrogen functional groups attached to an aromatic ring is 1. The van der Waals surface area contributed by atoms with E-state index in [1.54, 1.807) is 10.9 Å². The lowest BCUT2D eigenvalue weighted by Crippen LogP contribution is -2.29. The van der Waals surface area contributed by atoms with E-state index in [1.807, 2.05) is 18.3 Å². The number of hydrogen-bond donors (Lipinski definition) is 1. The van der Waals surface area contributed by atoms with E-state index >= 15 is 0 Å². The highest BCUT2D eigenvalue weighted by molar-refractivity contribution is 5.68. The summed E-state index contributed by atoms with van der Waals surface area (Å²) in [4.78, 5) is 10.9. The van der Waals surface area contributed by atoms with Crippen molar-refractivity contribution in [3.05, 3.63) is 66.0 Å². The standard InChI is InChI=1S/C20H22N6/c1-2-15-4-6-16(7-5-15)17-8-12-25(13-9-17)18-14-19(24-20(21)23-18)26-11-3-10-22-26/h3-8,10-11,14H,2,9,12-13H2,1H3,(H2,21,23,24). The zero-order valence-corrected chi connectivity index (χ0v) is 14.8. The van der Waals surface area contributed by atoms with Gasteiger partial charge in [0.05, 0.1) is 0 Å². The third-order valence-electron chi connectivity index (χ3n) is 4.72. The Kier molecular flexibility index (Phi) is 4.39. The summed E-state index contributed by atoms with van der Waals surface area (Å²) in [5.74, 6) is 1.78. The lowest BCUT2D eigenvalue weighted by molar-refractivity contribution is 0.799. The monoisotopic (exact) mass is 346 g/mol. The molecule has 0 fully saturated rings. The molecule has 0 spiro atoms. The molecule has 26 heavy (non-hydrogen) atoms. The van der Waals surface area contributed by atoms with Gasteiger partial charge in [-0.1, -0.05) is 37.3 Å². The number of aryl methyl sites for hydroxylation is 1. The van der Waals surface area contributed by atoms with Gasteiger partial charge < -0.3 is 10.6 Å². The van der Waals surface area contributed by atoms with Gasteiger partial charge in [0.25, 0.3) is 0 Å². The molecule has 0 radical (unpaired) electrons. The van der Waals surface area contributed by atoms with E-state index in [-0.39, 0.29) is 5.95 Å².